The van der Waals surface area contributed by atoms with Gasteiger partial charge in [-0.05, 0) is 49.3 Å². The van der Waals surface area contributed by atoms with Crippen molar-refractivity contribution in [3.63, 3.8) is 0 Å². The SMILES string of the molecule is O=C1[C@H]2[C@H]3CCC(C3)[C@H]2C(=O)N1c1ccc(O)c(Cl)c1. The molecule has 2 aliphatic carbocycles. The maximum atomic E-state index is 12.6. The van der Waals surface area contributed by atoms with Crippen LogP contribution >= 0.6 is 11.6 Å². The number of carbonyl (C=O) groups is 2. The first kappa shape index (κ1) is 12.2. The third-order valence-electron chi connectivity index (χ3n) is 5.12. The number of hydrogen-bond donors (Lipinski definition) is 1. The van der Waals surface area contributed by atoms with Crippen molar-refractivity contribution in [2.75, 3.05) is 4.90 Å². The predicted octanol–water partition coefficient (Wildman–Crippen LogP) is 2.58. The molecule has 4 atom stereocenters. The minimum Gasteiger partial charge on any atom is -0.506 e. The summed E-state index contributed by atoms with van der Waals surface area (Å²) in [6.07, 6.45) is 3.15. The van der Waals surface area contributed by atoms with E-state index in [0.717, 1.165) is 19.3 Å². The highest BCUT2D eigenvalue weighted by atomic mass is 35.5. The first-order valence-electron chi connectivity index (χ1n) is 6.94. The topological polar surface area (TPSA) is 57.6 Å². The first-order chi connectivity index (χ1) is 9.58. The molecular formula is C15H14ClNO3. The van der Waals surface area contributed by atoms with Crippen LogP contribution in [0.15, 0.2) is 18.2 Å². The van der Waals surface area contributed by atoms with Crippen LogP contribution in [0.3, 0.4) is 0 Å². The van der Waals surface area contributed by atoms with Gasteiger partial charge in [-0.15, -0.1) is 0 Å². The minimum absolute atomic E-state index is 0.0465. The number of fused-ring (bicyclic) bond motifs is 5. The molecule has 4 nitrogen and oxygen atoms in total. The highest BCUT2D eigenvalue weighted by Crippen LogP contribution is 2.56. The summed E-state index contributed by atoms with van der Waals surface area (Å²) in [5, 5.41) is 9.61. The summed E-state index contributed by atoms with van der Waals surface area (Å²) in [4.78, 5) is 26.4. The molecule has 1 saturated heterocycles. The zero-order valence-corrected chi connectivity index (χ0v) is 11.5. The second kappa shape index (κ2) is 3.98. The second-order valence-electron chi connectivity index (χ2n) is 6.03. The molecule has 0 spiro atoms. The maximum absolute atomic E-state index is 12.6. The zero-order valence-electron chi connectivity index (χ0n) is 10.8. The first-order valence-corrected chi connectivity index (χ1v) is 7.32. The molecular weight excluding hydrogens is 278 g/mol. The van der Waals surface area contributed by atoms with Gasteiger partial charge in [-0.2, -0.15) is 0 Å². The number of amides is 2. The van der Waals surface area contributed by atoms with Gasteiger partial charge < -0.3 is 5.11 Å². The monoisotopic (exact) mass is 291 g/mol. The molecule has 2 saturated carbocycles. The van der Waals surface area contributed by atoms with Crippen molar-refractivity contribution in [1.82, 2.24) is 0 Å². The third-order valence-corrected chi connectivity index (χ3v) is 5.42. The summed E-state index contributed by atoms with van der Waals surface area (Å²) >= 11 is 5.88. The van der Waals surface area contributed by atoms with E-state index in [2.05, 4.69) is 0 Å². The minimum atomic E-state index is -0.131. The van der Waals surface area contributed by atoms with Crippen LogP contribution in [-0.4, -0.2) is 16.9 Å². The summed E-state index contributed by atoms with van der Waals surface area (Å²) in [6, 6.07) is 4.47. The number of aromatic hydroxyl groups is 1. The molecule has 4 rings (SSSR count). The van der Waals surface area contributed by atoms with Crippen LogP contribution < -0.4 is 4.90 Å². The number of phenols is 1. The average molecular weight is 292 g/mol. The lowest BCUT2D eigenvalue weighted by Crippen LogP contribution is -2.32. The third kappa shape index (κ3) is 1.43. The Hall–Kier alpha value is -1.55. The molecule has 20 heavy (non-hydrogen) atoms. The van der Waals surface area contributed by atoms with Gasteiger partial charge in [0.15, 0.2) is 0 Å². The highest BCUT2D eigenvalue weighted by Gasteiger charge is 2.61. The molecule has 1 aromatic carbocycles. The lowest BCUT2D eigenvalue weighted by Gasteiger charge is -2.19. The Kier molecular flexibility index (Phi) is 2.43. The largest absolute Gasteiger partial charge is 0.506 e. The molecule has 0 radical (unpaired) electrons. The van der Waals surface area contributed by atoms with Crippen molar-refractivity contribution >= 4 is 29.1 Å². The number of rotatable bonds is 1. The number of hydrogen-bond acceptors (Lipinski definition) is 3. The summed E-state index contributed by atoms with van der Waals surface area (Å²) in [6.45, 7) is 0. The van der Waals surface area contributed by atoms with E-state index in [1.807, 2.05) is 0 Å². The quantitative estimate of drug-likeness (QED) is 0.809. The number of imide groups is 1. The molecule has 1 N–H and O–H groups in total. The van der Waals surface area contributed by atoms with E-state index in [0.29, 0.717) is 17.5 Å². The molecule has 1 aliphatic heterocycles. The highest BCUT2D eigenvalue weighted by molar-refractivity contribution is 6.32. The number of halogens is 1. The smallest absolute Gasteiger partial charge is 0.237 e. The van der Waals surface area contributed by atoms with Gasteiger partial charge in [0.2, 0.25) is 11.8 Å². The Bertz CT molecular complexity index is 602. The zero-order chi connectivity index (χ0) is 14.0. The molecule has 1 heterocycles. The maximum Gasteiger partial charge on any atom is 0.237 e. The van der Waals surface area contributed by atoms with Crippen LogP contribution in [0.1, 0.15) is 19.3 Å². The average Bonchev–Trinajstić information content (AvgIpc) is 3.08. The molecule has 5 heteroatoms. The fourth-order valence-electron chi connectivity index (χ4n) is 4.30. The molecule has 3 aliphatic rings. The van der Waals surface area contributed by atoms with E-state index in [9.17, 15) is 14.7 Å². The van der Waals surface area contributed by atoms with Crippen LogP contribution in [0.4, 0.5) is 5.69 Å². The van der Waals surface area contributed by atoms with E-state index in [-0.39, 0.29) is 34.4 Å². The number of phenolic OH excluding ortho intramolecular Hbond substituents is 1. The van der Waals surface area contributed by atoms with Gasteiger partial charge in [0.05, 0.1) is 22.5 Å². The lowest BCUT2D eigenvalue weighted by molar-refractivity contribution is -0.123. The number of carbonyl (C=O) groups excluding carboxylic acids is 2. The van der Waals surface area contributed by atoms with Gasteiger partial charge in [-0.1, -0.05) is 11.6 Å². The van der Waals surface area contributed by atoms with E-state index in [4.69, 9.17) is 11.6 Å². The predicted molar refractivity (Wildman–Crippen MR) is 73.4 cm³/mol. The molecule has 2 amide bonds. The Morgan fingerprint density at radius 1 is 1.10 bits per heavy atom. The van der Waals surface area contributed by atoms with Crippen molar-refractivity contribution in [3.05, 3.63) is 23.2 Å². The summed E-state index contributed by atoms with van der Waals surface area (Å²) < 4.78 is 0. The molecule has 0 aromatic heterocycles. The summed E-state index contributed by atoms with van der Waals surface area (Å²) in [5.74, 6) is 0.262. The van der Waals surface area contributed by atoms with Gasteiger partial charge in [0, 0.05) is 0 Å². The van der Waals surface area contributed by atoms with E-state index in [1.165, 1.54) is 17.0 Å². The van der Waals surface area contributed by atoms with Gasteiger partial charge in [0.25, 0.3) is 0 Å². The Labute approximate surface area is 121 Å². The van der Waals surface area contributed by atoms with E-state index in [1.54, 1.807) is 6.07 Å². The van der Waals surface area contributed by atoms with E-state index < -0.39 is 0 Å². The van der Waals surface area contributed by atoms with Crippen molar-refractivity contribution in [3.8, 4) is 5.75 Å². The standard InChI is InChI=1S/C15H14ClNO3/c16-10-6-9(3-4-11(10)18)17-14(19)12-7-1-2-8(5-7)13(12)15(17)20/h3-4,6-8,12-13,18H,1-2,5H2/t7-,8?,12-,13+/m0/s1. The van der Waals surface area contributed by atoms with Crippen molar-refractivity contribution in [1.29, 1.82) is 0 Å². The Balaban J connectivity index is 1.74. The molecule has 1 aromatic rings. The van der Waals surface area contributed by atoms with Gasteiger partial charge in [0.1, 0.15) is 5.75 Å². The molecule has 1 unspecified atom stereocenters. The number of benzene rings is 1. The van der Waals surface area contributed by atoms with Crippen LogP contribution in [0.2, 0.25) is 5.02 Å². The second-order valence-corrected chi connectivity index (χ2v) is 6.44. The van der Waals surface area contributed by atoms with Gasteiger partial charge in [-0.25, -0.2) is 4.90 Å². The fourth-order valence-corrected chi connectivity index (χ4v) is 4.47. The van der Waals surface area contributed by atoms with Crippen molar-refractivity contribution in [2.45, 2.75) is 19.3 Å². The van der Waals surface area contributed by atoms with Gasteiger partial charge >= 0.3 is 0 Å². The van der Waals surface area contributed by atoms with Gasteiger partial charge in [-0.3, -0.25) is 9.59 Å². The molecule has 2 bridgehead atoms. The van der Waals surface area contributed by atoms with Crippen LogP contribution in [0.5, 0.6) is 5.75 Å². The fraction of sp³-hybridized carbons (Fsp3) is 0.467. The normalized spacial score (nSPS) is 35.0. The Morgan fingerprint density at radius 2 is 1.70 bits per heavy atom. The van der Waals surface area contributed by atoms with E-state index >= 15 is 0 Å². The number of anilines is 1. The number of nitrogens with zero attached hydrogens (tertiary/aromatic N) is 1. The summed E-state index contributed by atoms with van der Waals surface area (Å²) in [7, 11) is 0. The molecule has 104 valence electrons. The van der Waals surface area contributed by atoms with Crippen molar-refractivity contribution in [2.24, 2.45) is 23.7 Å². The lowest BCUT2D eigenvalue weighted by atomic mass is 9.81. The van der Waals surface area contributed by atoms with Crippen LogP contribution in [0.25, 0.3) is 0 Å². The Morgan fingerprint density at radius 3 is 2.25 bits per heavy atom. The van der Waals surface area contributed by atoms with Crippen LogP contribution in [-0.2, 0) is 9.59 Å². The summed E-state index contributed by atoms with van der Waals surface area (Å²) in [5.41, 5.74) is 0.469. The van der Waals surface area contributed by atoms with Crippen molar-refractivity contribution < 1.29 is 14.7 Å². The molecule has 3 fully saturated rings. The van der Waals surface area contributed by atoms with Crippen LogP contribution in [0, 0.1) is 23.7 Å².